The van der Waals surface area contributed by atoms with Crippen LogP contribution in [0.25, 0.3) is 0 Å². The summed E-state index contributed by atoms with van der Waals surface area (Å²) in [6.07, 6.45) is 0. The normalized spacial score (nSPS) is 10.9. The highest BCUT2D eigenvalue weighted by molar-refractivity contribution is 8.00. The minimum absolute atomic E-state index is 0.513. The molecule has 1 aromatic heterocycles. The molecule has 1 heterocycles. The standard InChI is InChI=1S/C7H12N2S2/c1-4-10-7-9-8-6(11-7)5(2)3/h5H,4H2,1-3H3. The molecule has 0 radical (unpaired) electrons. The van der Waals surface area contributed by atoms with Crippen molar-refractivity contribution < 1.29 is 0 Å². The van der Waals surface area contributed by atoms with E-state index in [0.29, 0.717) is 5.92 Å². The van der Waals surface area contributed by atoms with E-state index in [1.807, 2.05) is 0 Å². The molecule has 0 aliphatic carbocycles. The molecule has 62 valence electrons. The maximum Gasteiger partial charge on any atom is 0.174 e. The summed E-state index contributed by atoms with van der Waals surface area (Å²) in [7, 11) is 0. The molecule has 0 saturated carbocycles. The number of aromatic nitrogens is 2. The van der Waals surface area contributed by atoms with Crippen LogP contribution in [0, 0.1) is 0 Å². The molecule has 1 aromatic rings. The van der Waals surface area contributed by atoms with Crippen LogP contribution in [0.15, 0.2) is 4.34 Å². The van der Waals surface area contributed by atoms with Crippen LogP contribution in [0.5, 0.6) is 0 Å². The summed E-state index contributed by atoms with van der Waals surface area (Å²) in [5.74, 6) is 1.59. The van der Waals surface area contributed by atoms with Gasteiger partial charge in [-0.1, -0.05) is 43.9 Å². The zero-order valence-corrected chi connectivity index (χ0v) is 8.63. The third-order valence-electron chi connectivity index (χ3n) is 1.18. The Kier molecular flexibility index (Phi) is 3.33. The third-order valence-corrected chi connectivity index (χ3v) is 3.42. The van der Waals surface area contributed by atoms with Crippen molar-refractivity contribution in [2.24, 2.45) is 0 Å². The Balaban J connectivity index is 2.66. The smallest absolute Gasteiger partial charge is 0.142 e. The van der Waals surface area contributed by atoms with E-state index >= 15 is 0 Å². The Labute approximate surface area is 75.4 Å². The van der Waals surface area contributed by atoms with Gasteiger partial charge >= 0.3 is 0 Å². The van der Waals surface area contributed by atoms with E-state index in [-0.39, 0.29) is 0 Å². The molecule has 0 saturated heterocycles. The van der Waals surface area contributed by atoms with Gasteiger partial charge in [-0.25, -0.2) is 0 Å². The predicted molar refractivity (Wildman–Crippen MR) is 50.4 cm³/mol. The SMILES string of the molecule is CCSc1nnc(C(C)C)s1. The van der Waals surface area contributed by atoms with Gasteiger partial charge in [0.2, 0.25) is 0 Å². The maximum absolute atomic E-state index is 4.08. The monoisotopic (exact) mass is 188 g/mol. The molecule has 0 bridgehead atoms. The molecule has 0 aliphatic heterocycles. The molecule has 0 fully saturated rings. The third kappa shape index (κ3) is 2.45. The molecule has 2 nitrogen and oxygen atoms in total. The molecule has 0 unspecified atom stereocenters. The van der Waals surface area contributed by atoms with Crippen molar-refractivity contribution in [3.8, 4) is 0 Å². The molecule has 0 aromatic carbocycles. The maximum atomic E-state index is 4.08. The number of thioether (sulfide) groups is 1. The van der Waals surface area contributed by atoms with Gasteiger partial charge < -0.3 is 0 Å². The molecule has 0 amide bonds. The lowest BCUT2D eigenvalue weighted by atomic mass is 10.2. The Morgan fingerprint density at radius 1 is 1.45 bits per heavy atom. The van der Waals surface area contributed by atoms with Crippen molar-refractivity contribution in [1.29, 1.82) is 0 Å². The van der Waals surface area contributed by atoms with E-state index in [0.717, 1.165) is 15.1 Å². The summed E-state index contributed by atoms with van der Waals surface area (Å²) >= 11 is 3.46. The Morgan fingerprint density at radius 2 is 2.18 bits per heavy atom. The van der Waals surface area contributed by atoms with Crippen LogP contribution in [0.1, 0.15) is 31.7 Å². The fraction of sp³-hybridized carbons (Fsp3) is 0.714. The quantitative estimate of drug-likeness (QED) is 0.682. The topological polar surface area (TPSA) is 25.8 Å². The van der Waals surface area contributed by atoms with Gasteiger partial charge in [0.05, 0.1) is 0 Å². The highest BCUT2D eigenvalue weighted by Crippen LogP contribution is 2.25. The average Bonchev–Trinajstić information content (AvgIpc) is 2.37. The van der Waals surface area contributed by atoms with E-state index in [9.17, 15) is 0 Å². The van der Waals surface area contributed by atoms with Crippen molar-refractivity contribution >= 4 is 23.1 Å². The van der Waals surface area contributed by atoms with Crippen molar-refractivity contribution in [1.82, 2.24) is 10.2 Å². The fourth-order valence-corrected chi connectivity index (χ4v) is 2.40. The van der Waals surface area contributed by atoms with Gasteiger partial charge in [-0.3, -0.25) is 0 Å². The first-order valence-corrected chi connectivity index (χ1v) is 5.50. The van der Waals surface area contributed by atoms with E-state index < -0.39 is 0 Å². The zero-order valence-electron chi connectivity index (χ0n) is 7.00. The van der Waals surface area contributed by atoms with Crippen molar-refractivity contribution in [2.75, 3.05) is 5.75 Å². The number of hydrogen-bond donors (Lipinski definition) is 0. The van der Waals surface area contributed by atoms with Crippen LogP contribution in [0.2, 0.25) is 0 Å². The molecule has 0 N–H and O–H groups in total. The lowest BCUT2D eigenvalue weighted by Crippen LogP contribution is -1.83. The van der Waals surface area contributed by atoms with Gasteiger partial charge in [0.15, 0.2) is 4.34 Å². The van der Waals surface area contributed by atoms with Gasteiger partial charge in [-0.2, -0.15) is 0 Å². The highest BCUT2D eigenvalue weighted by Gasteiger charge is 2.06. The van der Waals surface area contributed by atoms with Gasteiger partial charge in [-0.05, 0) is 5.75 Å². The van der Waals surface area contributed by atoms with Crippen LogP contribution in [0.3, 0.4) is 0 Å². The molecular formula is C7H12N2S2. The van der Waals surface area contributed by atoms with E-state index in [1.54, 1.807) is 23.1 Å². The number of rotatable bonds is 3. The zero-order chi connectivity index (χ0) is 8.27. The largest absolute Gasteiger partial charge is 0.174 e. The first-order chi connectivity index (χ1) is 5.24. The molecule has 4 heteroatoms. The van der Waals surface area contributed by atoms with Crippen LogP contribution < -0.4 is 0 Å². The lowest BCUT2D eigenvalue weighted by Gasteiger charge is -1.93. The fourth-order valence-electron chi connectivity index (χ4n) is 0.636. The van der Waals surface area contributed by atoms with Gasteiger partial charge in [0, 0.05) is 5.92 Å². The first kappa shape index (κ1) is 9.00. The molecular weight excluding hydrogens is 176 g/mol. The Bertz CT molecular complexity index is 220. The summed E-state index contributed by atoms with van der Waals surface area (Å²) in [5.41, 5.74) is 0. The predicted octanol–water partition coefficient (Wildman–Crippen LogP) is 2.77. The van der Waals surface area contributed by atoms with Crippen molar-refractivity contribution in [3.05, 3.63) is 5.01 Å². The Hall–Kier alpha value is -0.0900. The van der Waals surface area contributed by atoms with Crippen LogP contribution in [-0.2, 0) is 0 Å². The van der Waals surface area contributed by atoms with Gasteiger partial charge in [0.25, 0.3) is 0 Å². The molecule has 0 spiro atoms. The Morgan fingerprint density at radius 3 is 2.64 bits per heavy atom. The average molecular weight is 188 g/mol. The minimum Gasteiger partial charge on any atom is -0.142 e. The van der Waals surface area contributed by atoms with Crippen LogP contribution in [-0.4, -0.2) is 16.0 Å². The molecule has 1 rings (SSSR count). The second-order valence-electron chi connectivity index (χ2n) is 2.49. The van der Waals surface area contributed by atoms with Crippen molar-refractivity contribution in [3.63, 3.8) is 0 Å². The number of nitrogens with zero attached hydrogens (tertiary/aromatic N) is 2. The summed E-state index contributed by atoms with van der Waals surface area (Å²) < 4.78 is 1.09. The van der Waals surface area contributed by atoms with E-state index in [2.05, 4.69) is 31.0 Å². The van der Waals surface area contributed by atoms with E-state index in [4.69, 9.17) is 0 Å². The highest BCUT2D eigenvalue weighted by atomic mass is 32.2. The molecule has 0 atom stereocenters. The summed E-state index contributed by atoms with van der Waals surface area (Å²) in [5, 5.41) is 9.28. The lowest BCUT2D eigenvalue weighted by molar-refractivity contribution is 0.817. The van der Waals surface area contributed by atoms with Gasteiger partial charge in [-0.15, -0.1) is 10.2 Å². The summed E-state index contributed by atoms with van der Waals surface area (Å²) in [4.78, 5) is 0. The summed E-state index contributed by atoms with van der Waals surface area (Å²) in [6.45, 7) is 6.41. The van der Waals surface area contributed by atoms with Crippen molar-refractivity contribution in [2.45, 2.75) is 31.0 Å². The van der Waals surface area contributed by atoms with Crippen LogP contribution in [0.4, 0.5) is 0 Å². The van der Waals surface area contributed by atoms with Gasteiger partial charge in [0.1, 0.15) is 5.01 Å². The van der Waals surface area contributed by atoms with Crippen LogP contribution >= 0.6 is 23.1 Å². The second kappa shape index (κ2) is 4.07. The minimum atomic E-state index is 0.513. The number of hydrogen-bond acceptors (Lipinski definition) is 4. The first-order valence-electron chi connectivity index (χ1n) is 3.70. The summed E-state index contributed by atoms with van der Waals surface area (Å²) in [6, 6.07) is 0. The molecule has 11 heavy (non-hydrogen) atoms. The second-order valence-corrected chi connectivity index (χ2v) is 5.01. The van der Waals surface area contributed by atoms with E-state index in [1.165, 1.54) is 0 Å². The molecule has 0 aliphatic rings.